The fraction of sp³-hybridized carbons (Fsp3) is 0.0769. The van der Waals surface area contributed by atoms with E-state index >= 15 is 0 Å². The van der Waals surface area contributed by atoms with Gasteiger partial charge in [0.1, 0.15) is 5.82 Å². The van der Waals surface area contributed by atoms with Crippen LogP contribution in [0.15, 0.2) is 42.9 Å². The van der Waals surface area contributed by atoms with Gasteiger partial charge in [-0.25, -0.2) is 14.4 Å². The number of aromatic nitrogens is 3. The molecule has 90 valence electrons. The Morgan fingerprint density at radius 2 is 1.89 bits per heavy atom. The van der Waals surface area contributed by atoms with Crippen molar-refractivity contribution in [2.75, 3.05) is 0 Å². The van der Waals surface area contributed by atoms with E-state index < -0.39 is 0 Å². The average molecular weight is 242 g/mol. The molecule has 0 saturated heterocycles. The molecule has 0 radical (unpaired) electrons. The second kappa shape index (κ2) is 4.19. The summed E-state index contributed by atoms with van der Waals surface area (Å²) in [6.45, 7) is 0.384. The summed E-state index contributed by atoms with van der Waals surface area (Å²) in [5.41, 5.74) is 8.14. The van der Waals surface area contributed by atoms with Gasteiger partial charge in [0.25, 0.3) is 0 Å². The second-order valence-electron chi connectivity index (χ2n) is 3.99. The Labute approximate surface area is 103 Å². The number of nitrogens with two attached hydrogens (primary N) is 1. The summed E-state index contributed by atoms with van der Waals surface area (Å²) in [4.78, 5) is 8.50. The van der Waals surface area contributed by atoms with Gasteiger partial charge >= 0.3 is 0 Å². The fourth-order valence-electron chi connectivity index (χ4n) is 1.82. The van der Waals surface area contributed by atoms with Crippen molar-refractivity contribution in [3.8, 4) is 11.1 Å². The number of benzene rings is 1. The zero-order valence-electron chi connectivity index (χ0n) is 9.55. The Morgan fingerprint density at radius 1 is 1.11 bits per heavy atom. The SMILES string of the molecule is NCc1cn2cc(-c3ccc(F)cc3)cnc2n1. The Balaban J connectivity index is 2.09. The molecule has 0 atom stereocenters. The first-order valence-electron chi connectivity index (χ1n) is 5.56. The normalized spacial score (nSPS) is 11.0. The minimum atomic E-state index is -0.249. The smallest absolute Gasteiger partial charge is 0.233 e. The molecule has 0 bridgehead atoms. The van der Waals surface area contributed by atoms with Crippen molar-refractivity contribution in [1.82, 2.24) is 14.4 Å². The van der Waals surface area contributed by atoms with Crippen molar-refractivity contribution >= 4 is 5.78 Å². The monoisotopic (exact) mass is 242 g/mol. The maximum absolute atomic E-state index is 12.9. The molecule has 0 unspecified atom stereocenters. The summed E-state index contributed by atoms with van der Waals surface area (Å²) in [7, 11) is 0. The van der Waals surface area contributed by atoms with Crippen molar-refractivity contribution in [3.05, 3.63) is 54.4 Å². The number of rotatable bonds is 2. The number of hydrogen-bond acceptors (Lipinski definition) is 3. The summed E-state index contributed by atoms with van der Waals surface area (Å²) in [6, 6.07) is 6.30. The molecule has 2 aromatic heterocycles. The lowest BCUT2D eigenvalue weighted by Gasteiger charge is -2.01. The van der Waals surface area contributed by atoms with Gasteiger partial charge in [-0.15, -0.1) is 0 Å². The molecule has 3 rings (SSSR count). The van der Waals surface area contributed by atoms with E-state index in [-0.39, 0.29) is 5.82 Å². The van der Waals surface area contributed by atoms with Gasteiger partial charge in [-0.2, -0.15) is 0 Å². The molecule has 1 aromatic carbocycles. The van der Waals surface area contributed by atoms with Crippen LogP contribution >= 0.6 is 0 Å². The van der Waals surface area contributed by atoms with Crippen LogP contribution in [0.1, 0.15) is 5.69 Å². The van der Waals surface area contributed by atoms with Gasteiger partial charge < -0.3 is 5.73 Å². The summed E-state index contributed by atoms with van der Waals surface area (Å²) in [6.07, 6.45) is 5.47. The minimum Gasteiger partial charge on any atom is -0.325 e. The molecule has 4 nitrogen and oxygen atoms in total. The summed E-state index contributed by atoms with van der Waals surface area (Å²) in [5.74, 6) is 0.363. The average Bonchev–Trinajstić information content (AvgIpc) is 2.81. The highest BCUT2D eigenvalue weighted by atomic mass is 19.1. The first kappa shape index (κ1) is 10.9. The Kier molecular flexibility index (Phi) is 2.53. The lowest BCUT2D eigenvalue weighted by atomic mass is 10.1. The first-order chi connectivity index (χ1) is 8.76. The van der Waals surface area contributed by atoms with Gasteiger partial charge in [0, 0.05) is 30.7 Å². The lowest BCUT2D eigenvalue weighted by molar-refractivity contribution is 0.628. The van der Waals surface area contributed by atoms with Gasteiger partial charge in [-0.3, -0.25) is 4.40 Å². The zero-order valence-corrected chi connectivity index (χ0v) is 9.55. The van der Waals surface area contributed by atoms with Gasteiger partial charge in [0.15, 0.2) is 0 Å². The molecule has 3 aromatic rings. The van der Waals surface area contributed by atoms with Crippen molar-refractivity contribution < 1.29 is 4.39 Å². The molecular weight excluding hydrogens is 231 g/mol. The predicted octanol–water partition coefficient (Wildman–Crippen LogP) is 1.99. The third kappa shape index (κ3) is 1.84. The van der Waals surface area contributed by atoms with Crippen LogP contribution in [0.5, 0.6) is 0 Å². The van der Waals surface area contributed by atoms with E-state index in [0.717, 1.165) is 16.8 Å². The topological polar surface area (TPSA) is 56.2 Å². The molecule has 5 heteroatoms. The van der Waals surface area contributed by atoms with Crippen LogP contribution in [0.3, 0.4) is 0 Å². The largest absolute Gasteiger partial charge is 0.325 e. The quantitative estimate of drug-likeness (QED) is 0.747. The first-order valence-corrected chi connectivity index (χ1v) is 5.56. The van der Waals surface area contributed by atoms with Gasteiger partial charge in [0.2, 0.25) is 5.78 Å². The van der Waals surface area contributed by atoms with Crippen LogP contribution in [-0.4, -0.2) is 14.4 Å². The van der Waals surface area contributed by atoms with E-state index in [0.29, 0.717) is 12.3 Å². The molecule has 0 aliphatic rings. The molecule has 0 fully saturated rings. The maximum atomic E-state index is 12.9. The zero-order chi connectivity index (χ0) is 12.5. The summed E-state index contributed by atoms with van der Waals surface area (Å²) in [5, 5.41) is 0. The van der Waals surface area contributed by atoms with E-state index in [9.17, 15) is 4.39 Å². The molecule has 2 N–H and O–H groups in total. The maximum Gasteiger partial charge on any atom is 0.233 e. The van der Waals surface area contributed by atoms with E-state index in [2.05, 4.69) is 9.97 Å². The fourth-order valence-corrected chi connectivity index (χ4v) is 1.82. The summed E-state index contributed by atoms with van der Waals surface area (Å²) < 4.78 is 14.7. The van der Waals surface area contributed by atoms with Crippen LogP contribution in [-0.2, 0) is 6.54 Å². The Morgan fingerprint density at radius 3 is 2.61 bits per heavy atom. The van der Waals surface area contributed by atoms with E-state index in [1.54, 1.807) is 18.3 Å². The Bertz CT molecular complexity index is 688. The van der Waals surface area contributed by atoms with E-state index in [1.807, 2.05) is 16.8 Å². The number of nitrogens with zero attached hydrogens (tertiary/aromatic N) is 3. The van der Waals surface area contributed by atoms with Crippen molar-refractivity contribution in [2.24, 2.45) is 5.73 Å². The molecule has 0 saturated carbocycles. The van der Waals surface area contributed by atoms with Crippen molar-refractivity contribution in [3.63, 3.8) is 0 Å². The van der Waals surface area contributed by atoms with Crippen molar-refractivity contribution in [2.45, 2.75) is 6.54 Å². The molecule has 18 heavy (non-hydrogen) atoms. The molecule has 0 spiro atoms. The van der Waals surface area contributed by atoms with Crippen LogP contribution in [0.2, 0.25) is 0 Å². The van der Waals surface area contributed by atoms with E-state index in [4.69, 9.17) is 5.73 Å². The highest BCUT2D eigenvalue weighted by molar-refractivity contribution is 5.62. The summed E-state index contributed by atoms with van der Waals surface area (Å²) >= 11 is 0. The predicted molar refractivity (Wildman–Crippen MR) is 66.3 cm³/mol. The van der Waals surface area contributed by atoms with Crippen LogP contribution < -0.4 is 5.73 Å². The number of fused-ring (bicyclic) bond motifs is 1. The van der Waals surface area contributed by atoms with Crippen LogP contribution in [0, 0.1) is 5.82 Å². The number of halogens is 1. The van der Waals surface area contributed by atoms with Gasteiger partial charge in [-0.1, -0.05) is 12.1 Å². The van der Waals surface area contributed by atoms with Gasteiger partial charge in [-0.05, 0) is 17.7 Å². The molecular formula is C13H11FN4. The number of hydrogen-bond donors (Lipinski definition) is 1. The van der Waals surface area contributed by atoms with Gasteiger partial charge in [0.05, 0.1) is 5.69 Å². The third-order valence-electron chi connectivity index (χ3n) is 2.75. The second-order valence-corrected chi connectivity index (χ2v) is 3.99. The third-order valence-corrected chi connectivity index (χ3v) is 2.75. The standard InChI is InChI=1S/C13H11FN4/c14-11-3-1-9(2-4-11)10-6-16-13-17-12(5-15)8-18(13)7-10/h1-4,6-8H,5,15H2. The van der Waals surface area contributed by atoms with Crippen LogP contribution in [0.4, 0.5) is 4.39 Å². The molecule has 2 heterocycles. The lowest BCUT2D eigenvalue weighted by Crippen LogP contribution is -1.95. The Hall–Kier alpha value is -2.27. The molecule has 0 amide bonds. The van der Waals surface area contributed by atoms with Crippen molar-refractivity contribution in [1.29, 1.82) is 0 Å². The van der Waals surface area contributed by atoms with E-state index in [1.165, 1.54) is 12.1 Å². The molecule has 0 aliphatic carbocycles. The highest BCUT2D eigenvalue weighted by Crippen LogP contribution is 2.19. The highest BCUT2D eigenvalue weighted by Gasteiger charge is 2.04. The number of imidazole rings is 1. The van der Waals surface area contributed by atoms with Crippen LogP contribution in [0.25, 0.3) is 16.9 Å². The molecule has 0 aliphatic heterocycles. The minimum absolute atomic E-state index is 0.249.